The fourth-order valence-electron chi connectivity index (χ4n) is 2.27. The Morgan fingerprint density at radius 1 is 1.73 bits per heavy atom. The molecule has 1 aromatic rings. The molecule has 1 saturated carbocycles. The highest BCUT2D eigenvalue weighted by atomic mass is 35.5. The summed E-state index contributed by atoms with van der Waals surface area (Å²) in [7, 11) is 0. The van der Waals surface area contributed by atoms with Crippen LogP contribution >= 0.6 is 11.6 Å². The Morgan fingerprint density at radius 2 is 2.33 bits per heavy atom. The van der Waals surface area contributed by atoms with Crippen molar-refractivity contribution < 1.29 is 0 Å². The SMILES string of the molecule is CCn1ncc(Cl)c1C(N)C1CC1(C)C. The van der Waals surface area contributed by atoms with Crippen molar-refractivity contribution in [3.05, 3.63) is 16.9 Å². The highest BCUT2D eigenvalue weighted by molar-refractivity contribution is 6.31. The fourth-order valence-corrected chi connectivity index (χ4v) is 2.53. The van der Waals surface area contributed by atoms with Crippen LogP contribution in [0.4, 0.5) is 0 Å². The van der Waals surface area contributed by atoms with Crippen LogP contribution < -0.4 is 5.73 Å². The highest BCUT2D eigenvalue weighted by Crippen LogP contribution is 2.57. The van der Waals surface area contributed by atoms with Gasteiger partial charge in [-0.05, 0) is 24.7 Å². The van der Waals surface area contributed by atoms with E-state index in [9.17, 15) is 0 Å². The van der Waals surface area contributed by atoms with Gasteiger partial charge in [0.2, 0.25) is 0 Å². The highest BCUT2D eigenvalue weighted by Gasteiger charge is 2.50. The minimum atomic E-state index is 0.0231. The molecule has 1 fully saturated rings. The maximum atomic E-state index is 6.25. The Labute approximate surface area is 95.6 Å². The second-order valence-electron chi connectivity index (χ2n) is 5.02. The number of nitrogens with two attached hydrogens (primary N) is 1. The summed E-state index contributed by atoms with van der Waals surface area (Å²) in [6.45, 7) is 7.37. The van der Waals surface area contributed by atoms with E-state index < -0.39 is 0 Å². The summed E-state index contributed by atoms with van der Waals surface area (Å²) in [6, 6.07) is 0.0231. The Morgan fingerprint density at radius 3 is 2.80 bits per heavy atom. The number of aryl methyl sites for hydroxylation is 1. The van der Waals surface area contributed by atoms with Gasteiger partial charge in [0.1, 0.15) is 0 Å². The third-order valence-electron chi connectivity index (χ3n) is 3.47. The average molecular weight is 228 g/mol. The van der Waals surface area contributed by atoms with Gasteiger partial charge in [0.05, 0.1) is 23.0 Å². The number of rotatable bonds is 3. The zero-order valence-corrected chi connectivity index (χ0v) is 10.3. The Hall–Kier alpha value is -0.540. The van der Waals surface area contributed by atoms with Crippen LogP contribution in [0.5, 0.6) is 0 Å². The number of hydrogen-bond acceptors (Lipinski definition) is 2. The molecule has 2 rings (SSSR count). The summed E-state index contributed by atoms with van der Waals surface area (Å²) in [4.78, 5) is 0. The summed E-state index contributed by atoms with van der Waals surface area (Å²) in [5, 5.41) is 4.92. The first-order valence-electron chi connectivity index (χ1n) is 5.44. The Balaban J connectivity index is 2.25. The zero-order valence-electron chi connectivity index (χ0n) is 9.50. The summed E-state index contributed by atoms with van der Waals surface area (Å²) >= 11 is 6.12. The first kappa shape index (κ1) is 11.0. The second kappa shape index (κ2) is 3.49. The molecule has 2 N–H and O–H groups in total. The topological polar surface area (TPSA) is 43.8 Å². The largest absolute Gasteiger partial charge is 0.322 e. The molecule has 0 spiro atoms. The Bertz CT molecular complexity index is 370. The van der Waals surface area contributed by atoms with Crippen LogP contribution in [0, 0.1) is 11.3 Å². The summed E-state index contributed by atoms with van der Waals surface area (Å²) in [5.41, 5.74) is 7.61. The molecule has 0 aromatic carbocycles. The third kappa shape index (κ3) is 1.79. The van der Waals surface area contributed by atoms with Crippen LogP contribution in [-0.4, -0.2) is 9.78 Å². The van der Waals surface area contributed by atoms with Gasteiger partial charge in [-0.2, -0.15) is 5.10 Å². The fraction of sp³-hybridized carbons (Fsp3) is 0.727. The van der Waals surface area contributed by atoms with Crippen LogP contribution in [0.1, 0.15) is 38.9 Å². The lowest BCUT2D eigenvalue weighted by Crippen LogP contribution is -2.20. The molecule has 84 valence electrons. The Kier molecular flexibility index (Phi) is 2.55. The molecule has 0 saturated heterocycles. The molecular formula is C11H18ClN3. The van der Waals surface area contributed by atoms with Crippen molar-refractivity contribution in [3.8, 4) is 0 Å². The number of hydrogen-bond donors (Lipinski definition) is 1. The molecule has 0 radical (unpaired) electrons. The monoisotopic (exact) mass is 227 g/mol. The van der Waals surface area contributed by atoms with E-state index in [4.69, 9.17) is 17.3 Å². The molecule has 1 aliphatic carbocycles. The molecular weight excluding hydrogens is 210 g/mol. The number of nitrogens with zero attached hydrogens (tertiary/aromatic N) is 2. The smallest absolute Gasteiger partial charge is 0.0834 e. The molecule has 2 unspecified atom stereocenters. The molecule has 1 heterocycles. The normalized spacial score (nSPS) is 25.3. The van der Waals surface area contributed by atoms with Crippen LogP contribution in [0.15, 0.2) is 6.20 Å². The van der Waals surface area contributed by atoms with E-state index in [0.29, 0.717) is 16.4 Å². The molecule has 2 atom stereocenters. The van der Waals surface area contributed by atoms with E-state index in [0.717, 1.165) is 12.2 Å². The predicted molar refractivity (Wildman–Crippen MR) is 61.7 cm³/mol. The first-order chi connectivity index (χ1) is 6.97. The van der Waals surface area contributed by atoms with Crippen LogP contribution in [0.3, 0.4) is 0 Å². The lowest BCUT2D eigenvalue weighted by Gasteiger charge is -2.15. The van der Waals surface area contributed by atoms with Crippen molar-refractivity contribution in [3.63, 3.8) is 0 Å². The third-order valence-corrected chi connectivity index (χ3v) is 3.76. The van der Waals surface area contributed by atoms with Gasteiger partial charge in [-0.3, -0.25) is 4.68 Å². The zero-order chi connectivity index (χ0) is 11.2. The van der Waals surface area contributed by atoms with E-state index in [1.807, 2.05) is 4.68 Å². The van der Waals surface area contributed by atoms with Gasteiger partial charge < -0.3 is 5.73 Å². The number of halogens is 1. The van der Waals surface area contributed by atoms with Gasteiger partial charge in [0, 0.05) is 6.54 Å². The first-order valence-corrected chi connectivity index (χ1v) is 5.82. The van der Waals surface area contributed by atoms with Gasteiger partial charge in [0.25, 0.3) is 0 Å². The lowest BCUT2D eigenvalue weighted by atomic mass is 10.0. The molecule has 0 amide bonds. The van der Waals surface area contributed by atoms with E-state index >= 15 is 0 Å². The maximum absolute atomic E-state index is 6.25. The van der Waals surface area contributed by atoms with E-state index in [1.54, 1.807) is 6.20 Å². The predicted octanol–water partition coefficient (Wildman–Crippen LogP) is 2.60. The van der Waals surface area contributed by atoms with Crippen molar-refractivity contribution in [1.29, 1.82) is 0 Å². The van der Waals surface area contributed by atoms with E-state index in [1.165, 1.54) is 6.42 Å². The molecule has 15 heavy (non-hydrogen) atoms. The van der Waals surface area contributed by atoms with Crippen molar-refractivity contribution >= 4 is 11.6 Å². The molecule has 1 aromatic heterocycles. The van der Waals surface area contributed by atoms with Gasteiger partial charge >= 0.3 is 0 Å². The van der Waals surface area contributed by atoms with Crippen molar-refractivity contribution in [2.45, 2.75) is 39.8 Å². The van der Waals surface area contributed by atoms with Crippen LogP contribution in [0.25, 0.3) is 0 Å². The number of aromatic nitrogens is 2. The maximum Gasteiger partial charge on any atom is 0.0834 e. The molecule has 1 aliphatic rings. The van der Waals surface area contributed by atoms with Gasteiger partial charge in [-0.25, -0.2) is 0 Å². The van der Waals surface area contributed by atoms with Gasteiger partial charge in [-0.15, -0.1) is 0 Å². The van der Waals surface area contributed by atoms with Gasteiger partial charge in [0.15, 0.2) is 0 Å². The van der Waals surface area contributed by atoms with Gasteiger partial charge in [-0.1, -0.05) is 25.4 Å². The molecule has 3 nitrogen and oxygen atoms in total. The van der Waals surface area contributed by atoms with Crippen LogP contribution in [-0.2, 0) is 6.54 Å². The summed E-state index contributed by atoms with van der Waals surface area (Å²) in [5.74, 6) is 0.539. The quantitative estimate of drug-likeness (QED) is 0.863. The molecule has 0 bridgehead atoms. The van der Waals surface area contributed by atoms with E-state index in [-0.39, 0.29) is 6.04 Å². The molecule has 4 heteroatoms. The van der Waals surface area contributed by atoms with Crippen molar-refractivity contribution in [2.24, 2.45) is 17.1 Å². The van der Waals surface area contributed by atoms with E-state index in [2.05, 4.69) is 25.9 Å². The molecule has 0 aliphatic heterocycles. The van der Waals surface area contributed by atoms with Crippen molar-refractivity contribution in [1.82, 2.24) is 9.78 Å². The second-order valence-corrected chi connectivity index (χ2v) is 5.43. The summed E-state index contributed by atoms with van der Waals surface area (Å²) in [6.07, 6.45) is 2.87. The summed E-state index contributed by atoms with van der Waals surface area (Å²) < 4.78 is 1.90. The minimum Gasteiger partial charge on any atom is -0.322 e. The minimum absolute atomic E-state index is 0.0231. The average Bonchev–Trinajstić information content (AvgIpc) is 2.65. The van der Waals surface area contributed by atoms with Crippen molar-refractivity contribution in [2.75, 3.05) is 0 Å². The lowest BCUT2D eigenvalue weighted by molar-refractivity contribution is 0.460. The van der Waals surface area contributed by atoms with Crippen LogP contribution in [0.2, 0.25) is 5.02 Å². The standard InChI is InChI=1S/C11H18ClN3/c1-4-15-10(8(12)6-14-15)9(13)7-5-11(7,2)3/h6-7,9H,4-5,13H2,1-3H3.